The van der Waals surface area contributed by atoms with E-state index in [0.29, 0.717) is 5.92 Å². The van der Waals surface area contributed by atoms with Gasteiger partial charge in [-0.25, -0.2) is 0 Å². The topological polar surface area (TPSA) is 20.2 Å². The number of benzene rings is 1. The minimum absolute atomic E-state index is 0.169. The van der Waals surface area contributed by atoms with Crippen LogP contribution in [0.5, 0.6) is 0 Å². The second-order valence-corrected chi connectivity index (χ2v) is 6.72. The molecule has 0 saturated heterocycles. The van der Waals surface area contributed by atoms with Crippen LogP contribution in [0.3, 0.4) is 0 Å². The lowest BCUT2D eigenvalue weighted by Gasteiger charge is -2.34. The van der Waals surface area contributed by atoms with Gasteiger partial charge in [0, 0.05) is 0 Å². The van der Waals surface area contributed by atoms with E-state index in [1.807, 2.05) is 0 Å². The molecule has 1 nitrogen and oxygen atoms in total. The normalized spacial score (nSPS) is 29.2. The van der Waals surface area contributed by atoms with Crippen molar-refractivity contribution in [2.75, 3.05) is 0 Å². The second-order valence-electron chi connectivity index (χ2n) is 6.72. The Bertz CT molecular complexity index is 424. The maximum absolute atomic E-state index is 10.5. The van der Waals surface area contributed by atoms with Crippen LogP contribution >= 0.6 is 0 Å². The fourth-order valence-corrected chi connectivity index (χ4v) is 3.28. The quantitative estimate of drug-likeness (QED) is 0.860. The molecule has 1 aromatic carbocycles. The van der Waals surface area contributed by atoms with Crippen molar-refractivity contribution < 1.29 is 5.11 Å². The zero-order valence-corrected chi connectivity index (χ0v) is 12.8. The molecule has 1 aliphatic carbocycles. The van der Waals surface area contributed by atoms with Gasteiger partial charge >= 0.3 is 0 Å². The highest BCUT2D eigenvalue weighted by Crippen LogP contribution is 2.35. The third-order valence-corrected chi connectivity index (χ3v) is 5.20. The molecule has 0 amide bonds. The summed E-state index contributed by atoms with van der Waals surface area (Å²) in [6, 6.07) is 6.57. The number of hydrogen-bond donors (Lipinski definition) is 1. The first-order valence-electron chi connectivity index (χ1n) is 7.71. The first-order chi connectivity index (χ1) is 8.97. The van der Waals surface area contributed by atoms with Crippen LogP contribution in [0.25, 0.3) is 0 Å². The number of aliphatic hydroxyl groups excluding tert-OH is 1. The molecule has 1 heteroatoms. The number of aryl methyl sites for hydroxylation is 2. The maximum atomic E-state index is 10.5. The highest BCUT2D eigenvalue weighted by atomic mass is 16.3. The van der Waals surface area contributed by atoms with E-state index in [-0.39, 0.29) is 6.10 Å². The predicted molar refractivity (Wildman–Crippen MR) is 81.3 cm³/mol. The molecular weight excluding hydrogens is 232 g/mol. The minimum Gasteiger partial charge on any atom is -0.392 e. The van der Waals surface area contributed by atoms with Gasteiger partial charge in [-0.1, -0.05) is 38.5 Å². The molecule has 0 aromatic heterocycles. The molecule has 2 rings (SSSR count). The molecule has 0 radical (unpaired) electrons. The predicted octanol–water partition coefficient (Wildman–Crippen LogP) is 4.28. The molecule has 0 aliphatic heterocycles. The fourth-order valence-electron chi connectivity index (χ4n) is 3.28. The van der Waals surface area contributed by atoms with Crippen molar-refractivity contribution in [3.8, 4) is 0 Å². The molecule has 0 bridgehead atoms. The van der Waals surface area contributed by atoms with Gasteiger partial charge in [-0.05, 0) is 67.6 Å². The summed E-state index contributed by atoms with van der Waals surface area (Å²) in [6.45, 7) is 8.96. The van der Waals surface area contributed by atoms with E-state index in [9.17, 15) is 5.11 Å². The van der Waals surface area contributed by atoms with E-state index in [2.05, 4.69) is 45.9 Å². The zero-order chi connectivity index (χ0) is 14.0. The Morgan fingerprint density at radius 2 is 1.84 bits per heavy atom. The van der Waals surface area contributed by atoms with Crippen molar-refractivity contribution in [2.45, 2.75) is 59.5 Å². The summed E-state index contributed by atoms with van der Waals surface area (Å²) in [4.78, 5) is 0. The largest absolute Gasteiger partial charge is 0.392 e. The van der Waals surface area contributed by atoms with Gasteiger partial charge in [0.2, 0.25) is 0 Å². The lowest BCUT2D eigenvalue weighted by atomic mass is 9.73. The molecule has 106 valence electrons. The summed E-state index contributed by atoms with van der Waals surface area (Å²) < 4.78 is 0. The molecule has 0 spiro atoms. The number of aliphatic hydroxyl groups is 1. The van der Waals surface area contributed by atoms with Gasteiger partial charge in [0.25, 0.3) is 0 Å². The average Bonchev–Trinajstić information content (AvgIpc) is 2.37. The van der Waals surface area contributed by atoms with E-state index < -0.39 is 0 Å². The van der Waals surface area contributed by atoms with E-state index >= 15 is 0 Å². The van der Waals surface area contributed by atoms with Crippen LogP contribution < -0.4 is 0 Å². The zero-order valence-electron chi connectivity index (χ0n) is 12.8. The molecular formula is C18H28O. The number of hydrogen-bond acceptors (Lipinski definition) is 1. The third kappa shape index (κ3) is 3.60. The average molecular weight is 260 g/mol. The van der Waals surface area contributed by atoms with Crippen LogP contribution in [0, 0.1) is 31.6 Å². The summed E-state index contributed by atoms with van der Waals surface area (Å²) in [7, 11) is 0. The SMILES string of the molecule is Cc1ccc(CC(O)C2CCC(C)C(C)C2)cc1C. The standard InChI is InChI=1S/C18H28O/c1-12-5-7-16(9-14(12)3)11-18(19)17-8-6-13(2)15(4)10-17/h5,7,9,13,15,17-19H,6,8,10-11H2,1-4H3. The van der Waals surface area contributed by atoms with Crippen LogP contribution in [-0.2, 0) is 6.42 Å². The fraction of sp³-hybridized carbons (Fsp3) is 0.667. The smallest absolute Gasteiger partial charge is 0.0608 e. The van der Waals surface area contributed by atoms with Crippen molar-refractivity contribution >= 4 is 0 Å². The highest BCUT2D eigenvalue weighted by molar-refractivity contribution is 5.30. The Labute approximate surface area is 118 Å². The van der Waals surface area contributed by atoms with Gasteiger partial charge in [0.1, 0.15) is 0 Å². The Balaban J connectivity index is 1.97. The van der Waals surface area contributed by atoms with Gasteiger partial charge < -0.3 is 5.11 Å². The molecule has 4 atom stereocenters. The molecule has 0 heterocycles. The summed E-state index contributed by atoms with van der Waals surface area (Å²) in [5.41, 5.74) is 3.94. The Hall–Kier alpha value is -0.820. The van der Waals surface area contributed by atoms with Crippen LogP contribution in [0.2, 0.25) is 0 Å². The van der Waals surface area contributed by atoms with Crippen LogP contribution in [0.4, 0.5) is 0 Å². The van der Waals surface area contributed by atoms with E-state index in [0.717, 1.165) is 18.3 Å². The van der Waals surface area contributed by atoms with Crippen molar-refractivity contribution in [2.24, 2.45) is 17.8 Å². The van der Waals surface area contributed by atoms with Crippen molar-refractivity contribution in [3.05, 3.63) is 34.9 Å². The second kappa shape index (κ2) is 6.09. The van der Waals surface area contributed by atoms with Crippen molar-refractivity contribution in [3.63, 3.8) is 0 Å². The molecule has 19 heavy (non-hydrogen) atoms. The van der Waals surface area contributed by atoms with Crippen LogP contribution in [0.1, 0.15) is 49.8 Å². The van der Waals surface area contributed by atoms with Crippen molar-refractivity contribution in [1.29, 1.82) is 0 Å². The summed E-state index contributed by atoms with van der Waals surface area (Å²) >= 11 is 0. The van der Waals surface area contributed by atoms with Crippen LogP contribution in [0.15, 0.2) is 18.2 Å². The summed E-state index contributed by atoms with van der Waals surface area (Å²) in [5, 5.41) is 10.5. The molecule has 1 fully saturated rings. The van der Waals surface area contributed by atoms with E-state index in [1.165, 1.54) is 36.0 Å². The summed E-state index contributed by atoms with van der Waals surface area (Å²) in [5.74, 6) is 2.08. The van der Waals surface area contributed by atoms with Gasteiger partial charge in [-0.3, -0.25) is 0 Å². The molecule has 1 aliphatic rings. The molecule has 4 unspecified atom stereocenters. The Kier molecular flexibility index (Phi) is 4.67. The van der Waals surface area contributed by atoms with Gasteiger partial charge in [-0.2, -0.15) is 0 Å². The first-order valence-corrected chi connectivity index (χ1v) is 7.71. The van der Waals surface area contributed by atoms with Crippen molar-refractivity contribution in [1.82, 2.24) is 0 Å². The van der Waals surface area contributed by atoms with Gasteiger partial charge in [0.05, 0.1) is 6.10 Å². The maximum Gasteiger partial charge on any atom is 0.0608 e. The third-order valence-electron chi connectivity index (χ3n) is 5.20. The Morgan fingerprint density at radius 3 is 2.47 bits per heavy atom. The lowest BCUT2D eigenvalue weighted by molar-refractivity contribution is 0.0570. The van der Waals surface area contributed by atoms with E-state index in [4.69, 9.17) is 0 Å². The lowest BCUT2D eigenvalue weighted by Crippen LogP contribution is -2.30. The Morgan fingerprint density at radius 1 is 1.11 bits per heavy atom. The minimum atomic E-state index is -0.169. The highest BCUT2D eigenvalue weighted by Gasteiger charge is 2.29. The van der Waals surface area contributed by atoms with E-state index in [1.54, 1.807) is 0 Å². The summed E-state index contributed by atoms with van der Waals surface area (Å²) in [6.07, 6.45) is 4.30. The number of rotatable bonds is 3. The molecule has 1 N–H and O–H groups in total. The molecule has 1 saturated carbocycles. The van der Waals surface area contributed by atoms with Gasteiger partial charge in [0.15, 0.2) is 0 Å². The monoisotopic (exact) mass is 260 g/mol. The first kappa shape index (κ1) is 14.6. The molecule has 1 aromatic rings. The van der Waals surface area contributed by atoms with Crippen LogP contribution in [-0.4, -0.2) is 11.2 Å². The van der Waals surface area contributed by atoms with Gasteiger partial charge in [-0.15, -0.1) is 0 Å².